The zero-order chi connectivity index (χ0) is 21.5. The first-order valence-electron chi connectivity index (χ1n) is 11.4. The summed E-state index contributed by atoms with van der Waals surface area (Å²) in [5.41, 5.74) is 3.84. The van der Waals surface area contributed by atoms with E-state index in [4.69, 9.17) is 4.99 Å². The molecule has 1 saturated heterocycles. The zero-order valence-corrected chi connectivity index (χ0v) is 21.2. The summed E-state index contributed by atoms with van der Waals surface area (Å²) in [6.45, 7) is 8.99. The summed E-state index contributed by atoms with van der Waals surface area (Å²) in [6.07, 6.45) is 1.34. The molecule has 2 aromatic rings. The van der Waals surface area contributed by atoms with Gasteiger partial charge in [0.2, 0.25) is 5.91 Å². The lowest BCUT2D eigenvalue weighted by Gasteiger charge is -2.37. The fraction of sp³-hybridized carbons (Fsp3) is 0.440. The van der Waals surface area contributed by atoms with Gasteiger partial charge in [0, 0.05) is 64.5 Å². The minimum absolute atomic E-state index is 0. The zero-order valence-electron chi connectivity index (χ0n) is 18.9. The number of para-hydroxylation sites is 1. The van der Waals surface area contributed by atoms with Crippen molar-refractivity contribution in [3.63, 3.8) is 0 Å². The molecule has 6 nitrogen and oxygen atoms in total. The molecule has 7 heteroatoms. The molecular formula is C25H34IN5O. The van der Waals surface area contributed by atoms with Crippen molar-refractivity contribution < 1.29 is 4.79 Å². The van der Waals surface area contributed by atoms with Gasteiger partial charge >= 0.3 is 0 Å². The van der Waals surface area contributed by atoms with Crippen LogP contribution in [0.15, 0.2) is 59.6 Å². The molecule has 2 aromatic carbocycles. The molecule has 0 spiro atoms. The molecule has 2 aliphatic heterocycles. The Morgan fingerprint density at radius 2 is 1.53 bits per heavy atom. The molecule has 0 unspecified atom stereocenters. The van der Waals surface area contributed by atoms with Gasteiger partial charge in [-0.3, -0.25) is 9.79 Å². The van der Waals surface area contributed by atoms with Gasteiger partial charge in [0.05, 0.1) is 0 Å². The number of piperazine rings is 1. The number of amides is 1. The van der Waals surface area contributed by atoms with E-state index in [0.29, 0.717) is 13.0 Å². The highest BCUT2D eigenvalue weighted by Crippen LogP contribution is 2.23. The molecule has 1 amide bonds. The lowest BCUT2D eigenvalue weighted by Crippen LogP contribution is -2.52. The van der Waals surface area contributed by atoms with Crippen LogP contribution in [0.1, 0.15) is 30.9 Å². The molecule has 0 radical (unpaired) electrons. The van der Waals surface area contributed by atoms with Crippen LogP contribution in [0.3, 0.4) is 0 Å². The Morgan fingerprint density at radius 3 is 2.16 bits per heavy atom. The van der Waals surface area contributed by atoms with Crippen molar-refractivity contribution in [3.8, 4) is 0 Å². The fourth-order valence-electron chi connectivity index (χ4n) is 4.32. The number of hydrogen-bond acceptors (Lipinski definition) is 3. The number of carbonyl (C=O) groups is 1. The predicted octanol–water partition coefficient (Wildman–Crippen LogP) is 3.71. The third-order valence-electron chi connectivity index (χ3n) is 6.04. The van der Waals surface area contributed by atoms with E-state index in [-0.39, 0.29) is 29.9 Å². The van der Waals surface area contributed by atoms with Gasteiger partial charge in [-0.25, -0.2) is 0 Å². The van der Waals surface area contributed by atoms with Crippen molar-refractivity contribution in [1.82, 2.24) is 15.1 Å². The molecule has 0 aliphatic carbocycles. The van der Waals surface area contributed by atoms with Crippen LogP contribution in [0.2, 0.25) is 0 Å². The summed E-state index contributed by atoms with van der Waals surface area (Å²) in [6, 6.07) is 18.9. The Hall–Kier alpha value is -2.29. The van der Waals surface area contributed by atoms with E-state index < -0.39 is 0 Å². The number of benzene rings is 2. The third-order valence-corrected chi connectivity index (χ3v) is 6.04. The maximum Gasteiger partial charge on any atom is 0.223 e. The van der Waals surface area contributed by atoms with E-state index in [2.05, 4.69) is 64.5 Å². The number of nitrogens with one attached hydrogen (secondary N) is 1. The summed E-state index contributed by atoms with van der Waals surface area (Å²) in [4.78, 5) is 24.1. The molecule has 0 aromatic heterocycles. The monoisotopic (exact) mass is 547 g/mol. The molecule has 1 fully saturated rings. The summed E-state index contributed by atoms with van der Waals surface area (Å²) in [7, 11) is 0. The molecule has 0 atom stereocenters. The maximum atomic E-state index is 12.6. The highest BCUT2D eigenvalue weighted by Gasteiger charge is 2.22. The van der Waals surface area contributed by atoms with Crippen molar-refractivity contribution in [3.05, 3.63) is 65.7 Å². The minimum atomic E-state index is 0. The first-order valence-corrected chi connectivity index (χ1v) is 11.4. The Kier molecular flexibility index (Phi) is 9.20. The molecule has 2 aliphatic rings. The van der Waals surface area contributed by atoms with Gasteiger partial charge in [-0.2, -0.15) is 0 Å². The predicted molar refractivity (Wildman–Crippen MR) is 142 cm³/mol. The number of fused-ring (bicyclic) bond motifs is 1. The number of carbonyl (C=O) groups excluding carboxylic acids is 1. The van der Waals surface area contributed by atoms with Gasteiger partial charge in [-0.15, -0.1) is 24.0 Å². The van der Waals surface area contributed by atoms with Crippen LogP contribution < -0.4 is 10.2 Å². The van der Waals surface area contributed by atoms with Crippen LogP contribution in [0.25, 0.3) is 0 Å². The lowest BCUT2D eigenvalue weighted by atomic mass is 10.1. The summed E-state index contributed by atoms with van der Waals surface area (Å²) in [5, 5.41) is 3.42. The molecule has 4 rings (SSSR count). The molecule has 172 valence electrons. The van der Waals surface area contributed by atoms with E-state index in [1.54, 1.807) is 0 Å². The van der Waals surface area contributed by atoms with Crippen LogP contribution in [0.5, 0.6) is 0 Å². The molecule has 0 bridgehead atoms. The van der Waals surface area contributed by atoms with Crippen LogP contribution in [0.4, 0.5) is 5.69 Å². The molecule has 1 N–H and O–H groups in total. The number of guanidine groups is 1. The quantitative estimate of drug-likeness (QED) is 0.260. The summed E-state index contributed by atoms with van der Waals surface area (Å²) >= 11 is 0. The number of halogens is 1. The van der Waals surface area contributed by atoms with E-state index in [0.717, 1.165) is 58.2 Å². The minimum Gasteiger partial charge on any atom is -0.368 e. The Labute approximate surface area is 208 Å². The highest BCUT2D eigenvalue weighted by atomic mass is 127. The normalized spacial score (nSPS) is 15.9. The van der Waals surface area contributed by atoms with Crippen molar-refractivity contribution in [1.29, 1.82) is 0 Å². The van der Waals surface area contributed by atoms with Crippen molar-refractivity contribution in [2.45, 2.75) is 32.9 Å². The first kappa shape index (κ1) is 24.4. The smallest absolute Gasteiger partial charge is 0.223 e. The third kappa shape index (κ3) is 6.15. The van der Waals surface area contributed by atoms with Crippen molar-refractivity contribution >= 4 is 41.5 Å². The second-order valence-electron chi connectivity index (χ2n) is 8.17. The average Bonchev–Trinajstić information content (AvgIpc) is 3.26. The van der Waals surface area contributed by atoms with Crippen LogP contribution in [-0.2, 0) is 17.9 Å². The van der Waals surface area contributed by atoms with E-state index in [1.165, 1.54) is 16.8 Å². The molecule has 0 saturated carbocycles. The topological polar surface area (TPSA) is 51.2 Å². The Morgan fingerprint density at radius 1 is 0.906 bits per heavy atom. The second-order valence-corrected chi connectivity index (χ2v) is 8.17. The number of rotatable bonds is 6. The van der Waals surface area contributed by atoms with Crippen molar-refractivity contribution in [2.75, 3.05) is 44.2 Å². The van der Waals surface area contributed by atoms with Crippen LogP contribution in [0, 0.1) is 0 Å². The second kappa shape index (κ2) is 12.1. The van der Waals surface area contributed by atoms with Gasteiger partial charge in [0.15, 0.2) is 5.96 Å². The summed E-state index contributed by atoms with van der Waals surface area (Å²) < 4.78 is 0. The van der Waals surface area contributed by atoms with Gasteiger partial charge in [0.1, 0.15) is 0 Å². The Balaban J connectivity index is 0.00000289. The largest absolute Gasteiger partial charge is 0.368 e. The molecular weight excluding hydrogens is 513 g/mol. The Bertz CT molecular complexity index is 871. The van der Waals surface area contributed by atoms with Gasteiger partial charge in [-0.1, -0.05) is 42.5 Å². The van der Waals surface area contributed by atoms with E-state index in [1.807, 2.05) is 17.0 Å². The molecule has 2 heterocycles. The summed E-state index contributed by atoms with van der Waals surface area (Å²) in [5.74, 6) is 1.20. The number of hydrogen-bond donors (Lipinski definition) is 1. The average molecular weight is 547 g/mol. The van der Waals surface area contributed by atoms with Crippen LogP contribution in [-0.4, -0.2) is 60.9 Å². The lowest BCUT2D eigenvalue weighted by molar-refractivity contribution is -0.131. The standard InChI is InChI=1S/C25H33N5O.HI/c1-2-26-25(29-17-15-28(16-18-29)23-11-4-3-5-12-23)27-14-8-13-24(31)30-19-21-9-6-7-10-22(21)20-30;/h3-7,9-12H,2,8,13-20H2,1H3,(H,26,27);1H. The fourth-order valence-corrected chi connectivity index (χ4v) is 4.32. The van der Waals surface area contributed by atoms with E-state index in [9.17, 15) is 4.79 Å². The SMILES string of the molecule is CCNC(=NCCCC(=O)N1Cc2ccccc2C1)N1CCN(c2ccccc2)CC1.I. The number of aliphatic imine (C=N–C) groups is 1. The number of nitrogens with zero attached hydrogens (tertiary/aromatic N) is 4. The van der Waals surface area contributed by atoms with Gasteiger partial charge < -0.3 is 20.0 Å². The van der Waals surface area contributed by atoms with Gasteiger partial charge in [0.25, 0.3) is 0 Å². The number of anilines is 1. The molecule has 32 heavy (non-hydrogen) atoms. The first-order chi connectivity index (χ1) is 15.2. The van der Waals surface area contributed by atoms with E-state index >= 15 is 0 Å². The van der Waals surface area contributed by atoms with Crippen molar-refractivity contribution in [2.24, 2.45) is 4.99 Å². The van der Waals surface area contributed by atoms with Crippen LogP contribution >= 0.6 is 24.0 Å². The maximum absolute atomic E-state index is 12.6. The van der Waals surface area contributed by atoms with Gasteiger partial charge in [-0.05, 0) is 36.6 Å². The highest BCUT2D eigenvalue weighted by molar-refractivity contribution is 14.0.